The molecule has 0 bridgehead atoms. The van der Waals surface area contributed by atoms with Crippen molar-refractivity contribution in [3.63, 3.8) is 0 Å². The Balaban J connectivity index is 2.34. The van der Waals surface area contributed by atoms with Gasteiger partial charge in [-0.1, -0.05) is 54.1 Å². The van der Waals surface area contributed by atoms with E-state index >= 15 is 0 Å². The molecule has 63 valence electrons. The molecule has 0 heterocycles. The van der Waals surface area contributed by atoms with Crippen molar-refractivity contribution < 1.29 is 4.11 Å². The Morgan fingerprint density at radius 1 is 0.923 bits per heavy atom. The molecule has 0 saturated heterocycles. The second kappa shape index (κ2) is 3.44. The molecule has 0 amide bonds. The lowest BCUT2D eigenvalue weighted by Gasteiger charge is -2.00. The Morgan fingerprint density at radius 2 is 1.54 bits per heavy atom. The van der Waals surface area contributed by atoms with E-state index in [0.29, 0.717) is 5.56 Å². The van der Waals surface area contributed by atoms with Crippen LogP contribution in [0, 0.1) is 12.9 Å². The summed E-state index contributed by atoms with van der Waals surface area (Å²) in [6.45, 7) is -2.02. The summed E-state index contributed by atoms with van der Waals surface area (Å²) in [5, 5.41) is 0. The maximum atomic E-state index is 7.28. The highest BCUT2D eigenvalue weighted by Gasteiger charge is 1.93. The summed E-state index contributed by atoms with van der Waals surface area (Å²) >= 11 is 0. The van der Waals surface area contributed by atoms with Crippen molar-refractivity contribution in [3.05, 3.63) is 60.2 Å². The summed E-state index contributed by atoms with van der Waals surface area (Å²) in [7, 11) is 0. The number of benzene rings is 2. The topological polar surface area (TPSA) is 0 Å². The van der Waals surface area contributed by atoms with Gasteiger partial charge in [-0.05, 0) is 24.0 Å². The fraction of sp³-hybridized carbons (Fsp3) is 0.0769. The van der Waals surface area contributed by atoms with Crippen LogP contribution in [0.25, 0.3) is 11.1 Å². The summed E-state index contributed by atoms with van der Waals surface area (Å²) < 4.78 is 21.8. The molecule has 0 heteroatoms. The smallest absolute Gasteiger partial charge is 0.0280 e. The molecule has 0 nitrogen and oxygen atoms in total. The lowest BCUT2D eigenvalue weighted by Crippen LogP contribution is -1.76. The summed E-state index contributed by atoms with van der Waals surface area (Å²) in [6.07, 6.45) is 0. The van der Waals surface area contributed by atoms with E-state index in [-0.39, 0.29) is 0 Å². The van der Waals surface area contributed by atoms with Crippen LogP contribution in [0.4, 0.5) is 0 Å². The van der Waals surface area contributed by atoms with Gasteiger partial charge in [0, 0.05) is 4.11 Å². The van der Waals surface area contributed by atoms with Crippen LogP contribution in [0.15, 0.2) is 48.5 Å². The largest absolute Gasteiger partial charge is 0.0587 e. The average Bonchev–Trinajstić information content (AvgIpc) is 2.29. The third-order valence-electron chi connectivity index (χ3n) is 1.94. The molecule has 0 aliphatic heterocycles. The molecule has 0 unspecified atom stereocenters. The highest BCUT2D eigenvalue weighted by atomic mass is 14.0. The minimum absolute atomic E-state index is 0.374. The van der Waals surface area contributed by atoms with Gasteiger partial charge in [-0.2, -0.15) is 0 Å². The second-order valence-electron chi connectivity index (χ2n) is 2.87. The van der Waals surface area contributed by atoms with Crippen LogP contribution in [0.2, 0.25) is 0 Å². The predicted octanol–water partition coefficient (Wildman–Crippen LogP) is 3.46. The number of rotatable bonds is 1. The van der Waals surface area contributed by atoms with Crippen molar-refractivity contribution in [1.29, 1.82) is 0 Å². The summed E-state index contributed by atoms with van der Waals surface area (Å²) in [5.41, 5.74) is 2.46. The highest BCUT2D eigenvalue weighted by molar-refractivity contribution is 5.63. The highest BCUT2D eigenvalue weighted by Crippen LogP contribution is 2.18. The molecule has 0 aromatic heterocycles. The van der Waals surface area contributed by atoms with Gasteiger partial charge in [0.1, 0.15) is 0 Å². The van der Waals surface area contributed by atoms with E-state index in [9.17, 15) is 0 Å². The van der Waals surface area contributed by atoms with Gasteiger partial charge < -0.3 is 0 Å². The summed E-state index contributed by atoms with van der Waals surface area (Å²) in [6, 6.07) is 17.5. The average molecular weight is 170 g/mol. The molecule has 0 aliphatic carbocycles. The Hall–Kier alpha value is -1.56. The first-order valence-electron chi connectivity index (χ1n) is 5.64. The zero-order chi connectivity index (χ0) is 11.6. The van der Waals surface area contributed by atoms with Crippen molar-refractivity contribution in [3.8, 4) is 11.1 Å². The lowest BCUT2D eigenvalue weighted by molar-refractivity contribution is 1.47. The molecule has 2 aromatic carbocycles. The molecule has 2 rings (SSSR count). The van der Waals surface area contributed by atoms with Gasteiger partial charge in [0.15, 0.2) is 0 Å². The van der Waals surface area contributed by atoms with E-state index in [1.165, 1.54) is 0 Å². The van der Waals surface area contributed by atoms with E-state index in [0.717, 1.165) is 11.1 Å². The van der Waals surface area contributed by atoms with Crippen LogP contribution in [-0.4, -0.2) is 0 Å². The number of aryl methyl sites for hydroxylation is 1. The minimum atomic E-state index is -2.02. The van der Waals surface area contributed by atoms with E-state index in [1.807, 2.05) is 36.4 Å². The van der Waals surface area contributed by atoms with Crippen LogP contribution in [0.3, 0.4) is 0 Å². The van der Waals surface area contributed by atoms with Crippen LogP contribution in [-0.2, 0) is 0 Å². The fourth-order valence-electron chi connectivity index (χ4n) is 1.24. The van der Waals surface area contributed by atoms with E-state index < -0.39 is 6.85 Å². The molecule has 0 spiro atoms. The van der Waals surface area contributed by atoms with Crippen LogP contribution in [0.5, 0.6) is 0 Å². The van der Waals surface area contributed by atoms with Gasteiger partial charge in [0.2, 0.25) is 0 Å². The van der Waals surface area contributed by atoms with E-state index in [1.54, 1.807) is 12.1 Å². The van der Waals surface area contributed by atoms with Crippen molar-refractivity contribution >= 4 is 0 Å². The lowest BCUT2D eigenvalue weighted by atomic mass is 10.0. The number of hydrogen-bond donors (Lipinski definition) is 0. The monoisotopic (exact) mass is 170 g/mol. The Labute approximate surface area is 83.1 Å². The standard InChI is InChI=1S/C13H11/c1-11-7-9-13(10-8-11)12-5-3-2-4-6-12/h3-10H,1H3/i1D3. The van der Waals surface area contributed by atoms with Crippen LogP contribution >= 0.6 is 0 Å². The molecule has 2 aromatic rings. The molecule has 0 atom stereocenters. The summed E-state index contributed by atoms with van der Waals surface area (Å²) in [4.78, 5) is 0. The van der Waals surface area contributed by atoms with Crippen molar-refractivity contribution in [1.82, 2.24) is 0 Å². The summed E-state index contributed by atoms with van der Waals surface area (Å²) in [5.74, 6) is 0. The first-order valence-corrected chi connectivity index (χ1v) is 4.14. The molecular weight excluding hydrogens is 156 g/mol. The fourth-order valence-corrected chi connectivity index (χ4v) is 1.24. The van der Waals surface area contributed by atoms with E-state index in [4.69, 9.17) is 4.11 Å². The molecule has 0 N–H and O–H groups in total. The molecule has 13 heavy (non-hydrogen) atoms. The third-order valence-corrected chi connectivity index (χ3v) is 1.94. The second-order valence-corrected chi connectivity index (χ2v) is 2.87. The quantitative estimate of drug-likeness (QED) is 0.614. The van der Waals surface area contributed by atoms with Gasteiger partial charge >= 0.3 is 0 Å². The molecular formula is C13H11. The third kappa shape index (κ3) is 1.78. The van der Waals surface area contributed by atoms with Gasteiger partial charge in [-0.25, -0.2) is 0 Å². The first kappa shape index (κ1) is 5.23. The predicted molar refractivity (Wildman–Crippen MR) is 55.5 cm³/mol. The van der Waals surface area contributed by atoms with Crippen LogP contribution < -0.4 is 0 Å². The normalized spacial score (nSPS) is 14.3. The van der Waals surface area contributed by atoms with E-state index in [2.05, 4.69) is 6.07 Å². The Bertz CT molecular complexity index is 455. The SMILES string of the molecule is [2H]C([2H])([2H])c1ccc(-c2cc[c]cc2)cc1. The van der Waals surface area contributed by atoms with Gasteiger partial charge in [0.05, 0.1) is 0 Å². The minimum Gasteiger partial charge on any atom is -0.0587 e. The zero-order valence-corrected chi connectivity index (χ0v) is 7.12. The van der Waals surface area contributed by atoms with Crippen LogP contribution in [0.1, 0.15) is 9.68 Å². The van der Waals surface area contributed by atoms with Gasteiger partial charge in [-0.15, -0.1) is 0 Å². The molecule has 0 saturated carbocycles. The van der Waals surface area contributed by atoms with Crippen molar-refractivity contribution in [2.24, 2.45) is 0 Å². The maximum Gasteiger partial charge on any atom is 0.0280 e. The van der Waals surface area contributed by atoms with Gasteiger partial charge in [-0.3, -0.25) is 0 Å². The zero-order valence-electron chi connectivity index (χ0n) is 10.1. The Kier molecular flexibility index (Phi) is 1.38. The number of hydrogen-bond acceptors (Lipinski definition) is 0. The van der Waals surface area contributed by atoms with Crippen molar-refractivity contribution in [2.75, 3.05) is 0 Å². The maximum absolute atomic E-state index is 7.28. The molecule has 0 fully saturated rings. The molecule has 0 aliphatic rings. The molecule has 1 radical (unpaired) electrons. The van der Waals surface area contributed by atoms with Crippen molar-refractivity contribution in [2.45, 2.75) is 6.85 Å². The first-order chi connectivity index (χ1) is 7.57. The van der Waals surface area contributed by atoms with Gasteiger partial charge in [0.25, 0.3) is 0 Å². The Morgan fingerprint density at radius 3 is 2.15 bits per heavy atom.